The molecule has 0 amide bonds. The fraction of sp³-hybridized carbons (Fsp3) is 0.222. The molecular formula is C9H6ClF3O3. The first-order chi connectivity index (χ1) is 7.40. The van der Waals surface area contributed by atoms with Crippen LogP contribution in [0, 0.1) is 17.5 Å². The van der Waals surface area contributed by atoms with E-state index in [0.717, 1.165) is 7.11 Å². The van der Waals surface area contributed by atoms with Crippen molar-refractivity contribution < 1.29 is 27.8 Å². The molecule has 1 N–H and O–H groups in total. The number of esters is 1. The number of rotatable bonds is 2. The van der Waals surface area contributed by atoms with Crippen LogP contribution in [0.1, 0.15) is 11.7 Å². The third-order valence-corrected chi connectivity index (χ3v) is 2.18. The zero-order chi connectivity index (χ0) is 12.5. The molecule has 0 saturated heterocycles. The van der Waals surface area contributed by atoms with Crippen LogP contribution in [0.2, 0.25) is 5.02 Å². The molecule has 0 aliphatic rings. The molecule has 0 bridgehead atoms. The first-order valence-corrected chi connectivity index (χ1v) is 4.36. The number of hydrogen-bond acceptors (Lipinski definition) is 3. The van der Waals surface area contributed by atoms with Crippen molar-refractivity contribution in [2.24, 2.45) is 0 Å². The maximum Gasteiger partial charge on any atom is 0.339 e. The molecule has 0 radical (unpaired) electrons. The molecule has 7 heteroatoms. The van der Waals surface area contributed by atoms with Crippen LogP contribution >= 0.6 is 11.6 Å². The highest BCUT2D eigenvalue weighted by molar-refractivity contribution is 6.31. The first kappa shape index (κ1) is 12.8. The van der Waals surface area contributed by atoms with Crippen molar-refractivity contribution in [3.63, 3.8) is 0 Å². The van der Waals surface area contributed by atoms with E-state index in [-0.39, 0.29) is 0 Å². The molecule has 0 aromatic heterocycles. The maximum atomic E-state index is 13.3. The number of aliphatic hydroxyl groups excluding tert-OH is 1. The van der Waals surface area contributed by atoms with Crippen molar-refractivity contribution in [1.29, 1.82) is 0 Å². The minimum Gasteiger partial charge on any atom is -0.467 e. The predicted molar refractivity (Wildman–Crippen MR) is 48.3 cm³/mol. The molecule has 1 rings (SSSR count). The summed E-state index contributed by atoms with van der Waals surface area (Å²) in [6, 6.07) is 0.345. The zero-order valence-corrected chi connectivity index (χ0v) is 8.69. The highest BCUT2D eigenvalue weighted by atomic mass is 35.5. The standard InChI is InChI=1S/C9H6ClF3O3/c1-16-9(15)8(14)3-2-4(11)7(13)5(10)6(3)12/h2,8,14H,1H3. The van der Waals surface area contributed by atoms with Gasteiger partial charge in [0.1, 0.15) is 5.02 Å². The van der Waals surface area contributed by atoms with Gasteiger partial charge < -0.3 is 9.84 Å². The van der Waals surface area contributed by atoms with Crippen LogP contribution in [-0.2, 0) is 9.53 Å². The number of hydrogen-bond donors (Lipinski definition) is 1. The third-order valence-electron chi connectivity index (χ3n) is 1.85. The van der Waals surface area contributed by atoms with Crippen LogP contribution in [0.4, 0.5) is 13.2 Å². The smallest absolute Gasteiger partial charge is 0.339 e. The molecule has 0 heterocycles. The monoisotopic (exact) mass is 254 g/mol. The minimum atomic E-state index is -2.06. The van der Waals surface area contributed by atoms with Gasteiger partial charge in [-0.25, -0.2) is 18.0 Å². The Hall–Kier alpha value is -1.27. The van der Waals surface area contributed by atoms with Gasteiger partial charge in [0.2, 0.25) is 0 Å². The Morgan fingerprint density at radius 3 is 2.50 bits per heavy atom. The fourth-order valence-corrected chi connectivity index (χ4v) is 1.23. The largest absolute Gasteiger partial charge is 0.467 e. The van der Waals surface area contributed by atoms with Crippen LogP contribution < -0.4 is 0 Å². The second kappa shape index (κ2) is 4.71. The molecule has 3 nitrogen and oxygen atoms in total. The Labute approximate surface area is 93.4 Å². The summed E-state index contributed by atoms with van der Waals surface area (Å²) >= 11 is 5.13. The summed E-state index contributed by atoms with van der Waals surface area (Å²) in [5.41, 5.74) is -0.782. The Balaban J connectivity index is 3.30. The number of halogens is 4. The van der Waals surface area contributed by atoms with E-state index in [1.54, 1.807) is 0 Å². The second-order valence-electron chi connectivity index (χ2n) is 2.82. The lowest BCUT2D eigenvalue weighted by Gasteiger charge is -2.11. The molecule has 1 aromatic carbocycles. The quantitative estimate of drug-likeness (QED) is 0.499. The van der Waals surface area contributed by atoms with Gasteiger partial charge >= 0.3 is 5.97 Å². The summed E-state index contributed by atoms with van der Waals surface area (Å²) in [6.07, 6.45) is -2.06. The summed E-state index contributed by atoms with van der Waals surface area (Å²) in [7, 11) is 0.949. The number of carbonyl (C=O) groups excluding carboxylic acids is 1. The van der Waals surface area contributed by atoms with Gasteiger partial charge in [0.25, 0.3) is 0 Å². The van der Waals surface area contributed by atoms with E-state index in [2.05, 4.69) is 4.74 Å². The molecule has 88 valence electrons. The van der Waals surface area contributed by atoms with Gasteiger partial charge in [-0.15, -0.1) is 0 Å². The molecule has 0 aliphatic heterocycles. The van der Waals surface area contributed by atoms with Crippen molar-refractivity contribution in [2.75, 3.05) is 7.11 Å². The zero-order valence-electron chi connectivity index (χ0n) is 7.93. The molecular weight excluding hydrogens is 249 g/mol. The minimum absolute atomic E-state index is 0.345. The lowest BCUT2D eigenvalue weighted by atomic mass is 10.1. The van der Waals surface area contributed by atoms with E-state index < -0.39 is 40.1 Å². The van der Waals surface area contributed by atoms with Crippen LogP contribution in [-0.4, -0.2) is 18.2 Å². The van der Waals surface area contributed by atoms with E-state index in [4.69, 9.17) is 11.6 Å². The van der Waals surface area contributed by atoms with Crippen molar-refractivity contribution in [2.45, 2.75) is 6.10 Å². The summed E-state index contributed by atoms with van der Waals surface area (Å²) in [5.74, 6) is -5.66. The van der Waals surface area contributed by atoms with Gasteiger partial charge in [-0.05, 0) is 6.07 Å². The average Bonchev–Trinajstić information content (AvgIpc) is 2.29. The first-order valence-electron chi connectivity index (χ1n) is 3.99. The molecule has 1 aromatic rings. The van der Waals surface area contributed by atoms with Gasteiger partial charge in [-0.1, -0.05) is 11.6 Å². The van der Waals surface area contributed by atoms with Crippen LogP contribution in [0.25, 0.3) is 0 Å². The molecule has 1 atom stereocenters. The van der Waals surface area contributed by atoms with Crippen LogP contribution in [0.5, 0.6) is 0 Å². The third kappa shape index (κ3) is 2.12. The molecule has 16 heavy (non-hydrogen) atoms. The Morgan fingerprint density at radius 1 is 1.44 bits per heavy atom. The summed E-state index contributed by atoms with van der Waals surface area (Å²) < 4.78 is 43.0. The molecule has 1 unspecified atom stereocenters. The van der Waals surface area contributed by atoms with Gasteiger partial charge in [0.15, 0.2) is 23.6 Å². The van der Waals surface area contributed by atoms with Crippen molar-refractivity contribution in [3.05, 3.63) is 34.1 Å². The van der Waals surface area contributed by atoms with E-state index >= 15 is 0 Å². The molecule has 0 saturated carbocycles. The number of methoxy groups -OCH3 is 1. The van der Waals surface area contributed by atoms with Gasteiger partial charge in [-0.3, -0.25) is 0 Å². The number of aliphatic hydroxyl groups is 1. The summed E-state index contributed by atoms with van der Waals surface area (Å²) in [4.78, 5) is 10.9. The lowest BCUT2D eigenvalue weighted by Crippen LogP contribution is -2.16. The van der Waals surface area contributed by atoms with E-state index in [1.165, 1.54) is 0 Å². The highest BCUT2D eigenvalue weighted by Crippen LogP contribution is 2.28. The normalized spacial score (nSPS) is 12.4. The van der Waals surface area contributed by atoms with E-state index in [1.807, 2.05) is 0 Å². The maximum absolute atomic E-state index is 13.3. The van der Waals surface area contributed by atoms with Crippen LogP contribution in [0.15, 0.2) is 6.07 Å². The molecule has 0 spiro atoms. The number of carbonyl (C=O) groups is 1. The number of benzene rings is 1. The number of ether oxygens (including phenoxy) is 1. The van der Waals surface area contributed by atoms with Gasteiger partial charge in [-0.2, -0.15) is 0 Å². The van der Waals surface area contributed by atoms with Gasteiger partial charge in [0, 0.05) is 5.56 Å². The summed E-state index contributed by atoms with van der Waals surface area (Å²) in [5, 5.41) is 8.12. The van der Waals surface area contributed by atoms with E-state index in [0.29, 0.717) is 6.07 Å². The van der Waals surface area contributed by atoms with E-state index in [9.17, 15) is 23.1 Å². The molecule has 0 aliphatic carbocycles. The second-order valence-corrected chi connectivity index (χ2v) is 3.19. The SMILES string of the molecule is COC(=O)C(O)c1cc(F)c(F)c(Cl)c1F. The van der Waals surface area contributed by atoms with Crippen LogP contribution in [0.3, 0.4) is 0 Å². The van der Waals surface area contributed by atoms with Crippen molar-refractivity contribution in [3.8, 4) is 0 Å². The lowest BCUT2D eigenvalue weighted by molar-refractivity contribution is -0.150. The van der Waals surface area contributed by atoms with Crippen molar-refractivity contribution >= 4 is 17.6 Å². The highest BCUT2D eigenvalue weighted by Gasteiger charge is 2.26. The Kier molecular flexibility index (Phi) is 3.77. The Bertz CT molecular complexity index is 436. The van der Waals surface area contributed by atoms with Gasteiger partial charge in [0.05, 0.1) is 7.11 Å². The predicted octanol–water partition coefficient (Wildman–Crippen LogP) is 1.96. The fourth-order valence-electron chi connectivity index (χ4n) is 1.03. The van der Waals surface area contributed by atoms with Crippen molar-refractivity contribution in [1.82, 2.24) is 0 Å². The Morgan fingerprint density at radius 2 is 2.00 bits per heavy atom. The molecule has 0 fully saturated rings. The topological polar surface area (TPSA) is 46.5 Å². The average molecular weight is 255 g/mol. The summed E-state index contributed by atoms with van der Waals surface area (Å²) in [6.45, 7) is 0.